The Morgan fingerprint density at radius 2 is 2.14 bits per heavy atom. The van der Waals surface area contributed by atoms with Crippen molar-refractivity contribution in [2.24, 2.45) is 0 Å². The molecule has 1 aromatic rings. The van der Waals surface area contributed by atoms with E-state index in [4.69, 9.17) is 5.26 Å². The fourth-order valence-corrected chi connectivity index (χ4v) is 2.60. The van der Waals surface area contributed by atoms with Crippen LogP contribution in [0.1, 0.15) is 25.8 Å². The fourth-order valence-electron chi connectivity index (χ4n) is 1.85. The summed E-state index contributed by atoms with van der Waals surface area (Å²) in [4.78, 5) is 24.5. The lowest BCUT2D eigenvalue weighted by atomic mass is 10.3. The van der Waals surface area contributed by atoms with Crippen LogP contribution in [0.3, 0.4) is 0 Å². The Balaban J connectivity index is 2.40. The molecule has 1 atom stereocenters. The van der Waals surface area contributed by atoms with Gasteiger partial charge in [-0.25, -0.2) is 0 Å². The maximum Gasteiger partial charge on any atom is 0.275 e. The minimum absolute atomic E-state index is 0.000202. The third-order valence-corrected chi connectivity index (χ3v) is 3.86. The van der Waals surface area contributed by atoms with Crippen molar-refractivity contribution >= 4 is 28.2 Å². The van der Waals surface area contributed by atoms with Crippen LogP contribution in [0, 0.1) is 11.3 Å². The van der Waals surface area contributed by atoms with E-state index >= 15 is 0 Å². The molecule has 3 N–H and O–H groups in total. The van der Waals surface area contributed by atoms with Gasteiger partial charge in [0.15, 0.2) is 6.54 Å². The van der Waals surface area contributed by atoms with Crippen LogP contribution in [0.15, 0.2) is 11.4 Å². The van der Waals surface area contributed by atoms with E-state index in [1.807, 2.05) is 19.9 Å². The topological polar surface area (TPSA) is 86.4 Å². The average Bonchev–Trinajstić information content (AvgIpc) is 2.90. The lowest BCUT2D eigenvalue weighted by Gasteiger charge is -2.16. The van der Waals surface area contributed by atoms with E-state index in [2.05, 4.69) is 10.6 Å². The fraction of sp³-hybridized carbons (Fsp3) is 0.500. The Kier molecular flexibility index (Phi) is 7.43. The zero-order chi connectivity index (χ0) is 15.7. The van der Waals surface area contributed by atoms with Gasteiger partial charge < -0.3 is 15.5 Å². The summed E-state index contributed by atoms with van der Waals surface area (Å²) in [5, 5.41) is 16.7. The zero-order valence-electron chi connectivity index (χ0n) is 12.4. The zero-order valence-corrected chi connectivity index (χ0v) is 13.2. The molecule has 0 aliphatic carbocycles. The molecule has 0 saturated carbocycles. The van der Waals surface area contributed by atoms with Crippen LogP contribution < -0.4 is 15.5 Å². The van der Waals surface area contributed by atoms with Crippen LogP contribution in [0.2, 0.25) is 0 Å². The minimum atomic E-state index is -0.129. The van der Waals surface area contributed by atoms with Crippen molar-refractivity contribution in [3.05, 3.63) is 17.0 Å². The van der Waals surface area contributed by atoms with Crippen LogP contribution in [0.25, 0.3) is 0 Å². The number of nitriles is 1. The van der Waals surface area contributed by atoms with Gasteiger partial charge in [-0.3, -0.25) is 9.59 Å². The second-order valence-corrected chi connectivity index (χ2v) is 5.47. The second-order valence-electron chi connectivity index (χ2n) is 4.56. The molecule has 1 heterocycles. The summed E-state index contributed by atoms with van der Waals surface area (Å²) in [5.74, 6) is -0.129. The van der Waals surface area contributed by atoms with Crippen LogP contribution in [-0.2, 0) is 9.59 Å². The molecule has 0 saturated heterocycles. The third-order valence-electron chi connectivity index (χ3n) is 3.03. The molecule has 2 amide bonds. The molecular weight excluding hydrogens is 288 g/mol. The molecule has 0 fully saturated rings. The predicted molar refractivity (Wildman–Crippen MR) is 82.2 cm³/mol. The molecule has 21 heavy (non-hydrogen) atoms. The largest absolute Gasteiger partial charge is 0.351 e. The Morgan fingerprint density at radius 1 is 1.38 bits per heavy atom. The number of nitrogens with zero attached hydrogens (tertiary/aromatic N) is 1. The van der Waals surface area contributed by atoms with Crippen molar-refractivity contribution in [3.63, 3.8) is 0 Å². The lowest BCUT2D eigenvalue weighted by Crippen LogP contribution is -3.13. The van der Waals surface area contributed by atoms with Gasteiger partial charge >= 0.3 is 0 Å². The predicted octanol–water partition coefficient (Wildman–Crippen LogP) is -0.0107. The number of nitrogens with one attached hydrogen (secondary N) is 3. The van der Waals surface area contributed by atoms with Gasteiger partial charge in [-0.2, -0.15) is 5.26 Å². The van der Waals surface area contributed by atoms with Gasteiger partial charge in [0.05, 0.1) is 25.1 Å². The Bertz CT molecular complexity index is 521. The van der Waals surface area contributed by atoms with E-state index in [1.165, 1.54) is 11.3 Å². The molecular formula is C14H21N4O2S+. The first-order valence-electron chi connectivity index (χ1n) is 6.98. The smallest absolute Gasteiger partial charge is 0.275 e. The van der Waals surface area contributed by atoms with Gasteiger partial charge in [0.2, 0.25) is 5.91 Å². The summed E-state index contributed by atoms with van der Waals surface area (Å²) in [7, 11) is 0. The standard InChI is InChI=1S/C14H20N4O2S/c1-3-16-13(20)10-18(4-2)7-5-12(19)17-14-11(9-15)6-8-21-14/h6,8H,3-5,7,10H2,1-2H3,(H,16,20)(H,17,19)/p+1. The molecule has 1 aromatic heterocycles. The number of carbonyl (C=O) groups excluding carboxylic acids is 2. The van der Waals surface area contributed by atoms with E-state index in [1.54, 1.807) is 11.4 Å². The number of thiophene rings is 1. The summed E-state index contributed by atoms with van der Waals surface area (Å²) in [6.45, 7) is 6.23. The first-order valence-corrected chi connectivity index (χ1v) is 7.86. The summed E-state index contributed by atoms with van der Waals surface area (Å²) in [6, 6.07) is 3.71. The minimum Gasteiger partial charge on any atom is -0.351 e. The van der Waals surface area contributed by atoms with Crippen molar-refractivity contribution in [1.82, 2.24) is 5.32 Å². The summed E-state index contributed by atoms with van der Waals surface area (Å²) in [6.07, 6.45) is 0.325. The normalized spacial score (nSPS) is 11.5. The van der Waals surface area contributed by atoms with Crippen molar-refractivity contribution in [3.8, 4) is 6.07 Å². The maximum absolute atomic E-state index is 11.9. The van der Waals surface area contributed by atoms with Crippen molar-refractivity contribution < 1.29 is 14.5 Å². The highest BCUT2D eigenvalue weighted by Gasteiger charge is 2.14. The molecule has 0 radical (unpaired) electrons. The first kappa shape index (κ1) is 17.1. The molecule has 7 heteroatoms. The average molecular weight is 309 g/mol. The number of amides is 2. The summed E-state index contributed by atoms with van der Waals surface area (Å²) < 4.78 is 0. The number of rotatable bonds is 8. The van der Waals surface area contributed by atoms with Gasteiger partial charge in [-0.15, -0.1) is 11.3 Å². The number of likely N-dealkylation sites (N-methyl/N-ethyl adjacent to an activating group) is 2. The molecule has 0 spiro atoms. The van der Waals surface area contributed by atoms with Crippen molar-refractivity contribution in [2.75, 3.05) is 31.5 Å². The van der Waals surface area contributed by atoms with E-state index in [0.717, 1.165) is 11.4 Å². The number of anilines is 1. The van der Waals surface area contributed by atoms with E-state index in [9.17, 15) is 9.59 Å². The molecule has 1 rings (SSSR count). The van der Waals surface area contributed by atoms with Crippen molar-refractivity contribution in [1.29, 1.82) is 5.26 Å². The van der Waals surface area contributed by atoms with E-state index in [-0.39, 0.29) is 11.8 Å². The summed E-state index contributed by atoms with van der Waals surface area (Å²) in [5.41, 5.74) is 0.482. The van der Waals surface area contributed by atoms with Gasteiger partial charge in [0.1, 0.15) is 11.1 Å². The molecule has 114 valence electrons. The number of hydrogen-bond donors (Lipinski definition) is 3. The molecule has 0 aliphatic heterocycles. The second kappa shape index (κ2) is 9.10. The van der Waals surface area contributed by atoms with E-state index in [0.29, 0.717) is 36.6 Å². The van der Waals surface area contributed by atoms with Crippen LogP contribution in [-0.4, -0.2) is 38.0 Å². The van der Waals surface area contributed by atoms with Crippen LogP contribution in [0.5, 0.6) is 0 Å². The Labute approximate surface area is 128 Å². The SMILES string of the molecule is CCNC(=O)C[NH+](CC)CCC(=O)Nc1sccc1C#N. The van der Waals surface area contributed by atoms with Crippen LogP contribution >= 0.6 is 11.3 Å². The van der Waals surface area contributed by atoms with Crippen molar-refractivity contribution in [2.45, 2.75) is 20.3 Å². The quantitative estimate of drug-likeness (QED) is 0.631. The first-order chi connectivity index (χ1) is 10.1. The molecule has 0 aliphatic rings. The highest BCUT2D eigenvalue weighted by molar-refractivity contribution is 7.14. The molecule has 0 bridgehead atoms. The van der Waals surface area contributed by atoms with Crippen LogP contribution in [0.4, 0.5) is 5.00 Å². The van der Waals surface area contributed by atoms with E-state index < -0.39 is 0 Å². The van der Waals surface area contributed by atoms with Gasteiger partial charge in [-0.05, 0) is 25.3 Å². The van der Waals surface area contributed by atoms with Gasteiger partial charge in [0.25, 0.3) is 5.91 Å². The molecule has 1 unspecified atom stereocenters. The third kappa shape index (κ3) is 5.94. The lowest BCUT2D eigenvalue weighted by molar-refractivity contribution is -0.889. The number of quaternary nitrogens is 1. The summed E-state index contributed by atoms with van der Waals surface area (Å²) >= 11 is 1.33. The van der Waals surface area contributed by atoms with Gasteiger partial charge in [-0.1, -0.05) is 0 Å². The highest BCUT2D eigenvalue weighted by Crippen LogP contribution is 2.21. The molecule has 6 nitrogen and oxygen atoms in total. The monoisotopic (exact) mass is 309 g/mol. The number of carbonyl (C=O) groups is 2. The van der Waals surface area contributed by atoms with Gasteiger partial charge in [0, 0.05) is 6.54 Å². The maximum atomic E-state index is 11.9. The Hall–Kier alpha value is -1.91. The Morgan fingerprint density at radius 3 is 2.76 bits per heavy atom. The number of hydrogen-bond acceptors (Lipinski definition) is 4. The highest BCUT2D eigenvalue weighted by atomic mass is 32.1. The molecule has 0 aromatic carbocycles.